The Morgan fingerprint density at radius 2 is 2.21 bits per heavy atom. The van der Waals surface area contributed by atoms with E-state index in [1.54, 1.807) is 0 Å². The van der Waals surface area contributed by atoms with Gasteiger partial charge in [0.1, 0.15) is 6.61 Å². The van der Waals surface area contributed by atoms with Crippen molar-refractivity contribution < 1.29 is 29.9 Å². The Bertz CT molecular complexity index is 294. The van der Waals surface area contributed by atoms with Gasteiger partial charge in [0.05, 0.1) is 5.82 Å². The molecular formula is C9H7BrF2OZn. The summed E-state index contributed by atoms with van der Waals surface area (Å²) < 4.78 is 29.9. The molecule has 0 unspecified atom stereocenters. The van der Waals surface area contributed by atoms with Crippen molar-refractivity contribution in [2.75, 3.05) is 6.61 Å². The molecule has 1 aromatic rings. The van der Waals surface area contributed by atoms with E-state index in [-0.39, 0.29) is 12.4 Å². The van der Waals surface area contributed by atoms with Gasteiger partial charge in [-0.1, -0.05) is 18.7 Å². The van der Waals surface area contributed by atoms with Crippen molar-refractivity contribution in [3.63, 3.8) is 0 Å². The first-order valence-electron chi connectivity index (χ1n) is 3.61. The van der Waals surface area contributed by atoms with Crippen LogP contribution in [0.15, 0.2) is 24.8 Å². The fourth-order valence-electron chi connectivity index (χ4n) is 0.685. The molecule has 5 heteroatoms. The van der Waals surface area contributed by atoms with E-state index in [0.717, 1.165) is 12.1 Å². The first kappa shape index (κ1) is 13.7. The zero-order valence-electron chi connectivity index (χ0n) is 7.40. The molecule has 0 N–H and O–H groups in total. The molecule has 0 atom stereocenters. The SMILES string of the molecule is C=CCOc1[c-]cc(F)cc1F.[Zn+][Br]. The van der Waals surface area contributed by atoms with E-state index in [4.69, 9.17) is 4.74 Å². The molecule has 0 bridgehead atoms. The zero-order valence-corrected chi connectivity index (χ0v) is 11.9. The zero-order chi connectivity index (χ0) is 11.0. The Hall–Kier alpha value is -0.277. The molecule has 0 aromatic heterocycles. The van der Waals surface area contributed by atoms with Crippen LogP contribution in [0, 0.1) is 17.7 Å². The van der Waals surface area contributed by atoms with Gasteiger partial charge in [-0.3, -0.25) is 8.78 Å². The van der Waals surface area contributed by atoms with Gasteiger partial charge in [0.15, 0.2) is 0 Å². The van der Waals surface area contributed by atoms with Crippen molar-refractivity contribution >= 4 is 13.6 Å². The summed E-state index contributed by atoms with van der Waals surface area (Å²) in [4.78, 5) is 0. The van der Waals surface area contributed by atoms with Gasteiger partial charge < -0.3 is 4.74 Å². The summed E-state index contributed by atoms with van der Waals surface area (Å²) >= 11 is 4.25. The van der Waals surface area contributed by atoms with Gasteiger partial charge in [0, 0.05) is 11.6 Å². The van der Waals surface area contributed by atoms with Crippen LogP contribution in [0.2, 0.25) is 0 Å². The van der Waals surface area contributed by atoms with Crippen molar-refractivity contribution in [2.24, 2.45) is 0 Å². The van der Waals surface area contributed by atoms with Crippen molar-refractivity contribution in [3.05, 3.63) is 42.5 Å². The first-order chi connectivity index (χ1) is 6.74. The van der Waals surface area contributed by atoms with Crippen molar-refractivity contribution in [1.29, 1.82) is 0 Å². The Morgan fingerprint density at radius 3 is 2.71 bits per heavy atom. The molecule has 0 amide bonds. The monoisotopic (exact) mass is 312 g/mol. The van der Waals surface area contributed by atoms with Crippen LogP contribution in [0.25, 0.3) is 0 Å². The number of hydrogen-bond donors (Lipinski definition) is 0. The molecule has 0 aliphatic heterocycles. The van der Waals surface area contributed by atoms with Crippen LogP contribution in [-0.2, 0) is 16.3 Å². The summed E-state index contributed by atoms with van der Waals surface area (Å²) in [6.07, 6.45) is 1.47. The standard InChI is InChI=1S/C9H7F2O.BrH.Zn/c1-2-5-12-9-4-3-7(10)6-8(9)11;;/h2-3,6H,1,5H2;1H;/q-1;;+2/p-1. The summed E-state index contributed by atoms with van der Waals surface area (Å²) in [6, 6.07) is 4.08. The van der Waals surface area contributed by atoms with Crippen LogP contribution in [0.3, 0.4) is 0 Å². The molecule has 0 saturated heterocycles. The van der Waals surface area contributed by atoms with Gasteiger partial charge in [-0.25, -0.2) is 0 Å². The van der Waals surface area contributed by atoms with Crippen molar-refractivity contribution in [2.45, 2.75) is 0 Å². The topological polar surface area (TPSA) is 9.23 Å². The molecule has 72 valence electrons. The molecule has 1 rings (SSSR count). The molecule has 0 spiro atoms. The van der Waals surface area contributed by atoms with Gasteiger partial charge in [-0.15, -0.1) is 12.1 Å². The number of hydrogen-bond acceptors (Lipinski definition) is 1. The minimum absolute atomic E-state index is 0.0868. The van der Waals surface area contributed by atoms with E-state index in [0.29, 0.717) is 0 Å². The van der Waals surface area contributed by atoms with Gasteiger partial charge in [-0.05, 0) is 0 Å². The van der Waals surface area contributed by atoms with E-state index >= 15 is 0 Å². The first-order valence-corrected chi connectivity index (χ1v) is 10.6. The molecule has 0 heterocycles. The van der Waals surface area contributed by atoms with Crippen LogP contribution in [0.4, 0.5) is 8.78 Å². The summed E-state index contributed by atoms with van der Waals surface area (Å²) in [7, 11) is 0. The van der Waals surface area contributed by atoms with Crippen LogP contribution < -0.4 is 4.74 Å². The molecule has 14 heavy (non-hydrogen) atoms. The van der Waals surface area contributed by atoms with Crippen molar-refractivity contribution in [1.82, 2.24) is 0 Å². The molecular weight excluding hydrogens is 307 g/mol. The van der Waals surface area contributed by atoms with Crippen LogP contribution in [0.5, 0.6) is 5.75 Å². The molecule has 0 aliphatic rings. The summed E-state index contributed by atoms with van der Waals surface area (Å²) in [5.74, 6) is -1.51. The average molecular weight is 314 g/mol. The normalized spacial score (nSPS) is 8.64. The Labute approximate surface area is 98.2 Å². The van der Waals surface area contributed by atoms with E-state index < -0.39 is 11.6 Å². The van der Waals surface area contributed by atoms with Gasteiger partial charge in [0.25, 0.3) is 0 Å². The molecule has 1 aromatic carbocycles. The minimum atomic E-state index is -0.753. The Kier molecular flexibility index (Phi) is 7.91. The number of benzene rings is 1. The van der Waals surface area contributed by atoms with E-state index in [1.807, 2.05) is 0 Å². The van der Waals surface area contributed by atoms with E-state index in [2.05, 4.69) is 26.3 Å². The predicted molar refractivity (Wildman–Crippen MR) is 49.8 cm³/mol. The summed E-state index contributed by atoms with van der Waals surface area (Å²) in [6.45, 7) is 3.57. The average Bonchev–Trinajstić information content (AvgIpc) is 2.20. The second kappa shape index (κ2) is 8.07. The molecule has 0 fully saturated rings. The van der Waals surface area contributed by atoms with E-state index in [9.17, 15) is 8.78 Å². The van der Waals surface area contributed by atoms with Crippen molar-refractivity contribution in [3.8, 4) is 5.75 Å². The van der Waals surface area contributed by atoms with Crippen LogP contribution in [-0.4, -0.2) is 6.61 Å². The second-order valence-electron chi connectivity index (χ2n) is 2.09. The molecule has 1 nitrogen and oxygen atoms in total. The van der Waals surface area contributed by atoms with Gasteiger partial charge in [-0.2, -0.15) is 0 Å². The third kappa shape index (κ3) is 4.82. The fraction of sp³-hybridized carbons (Fsp3) is 0.111. The Balaban J connectivity index is 0.000000791. The molecule has 0 aliphatic carbocycles. The summed E-state index contributed by atoms with van der Waals surface area (Å²) in [5, 5.41) is 0. The second-order valence-corrected chi connectivity index (χ2v) is 2.09. The predicted octanol–water partition coefficient (Wildman–Crippen LogP) is 3.17. The third-order valence-electron chi connectivity index (χ3n) is 1.17. The van der Waals surface area contributed by atoms with Gasteiger partial charge in [0.2, 0.25) is 0 Å². The van der Waals surface area contributed by atoms with Crippen LogP contribution in [0.1, 0.15) is 0 Å². The molecule has 0 saturated carbocycles. The number of halogens is 3. The van der Waals surface area contributed by atoms with Gasteiger partial charge >= 0.3 is 30.0 Å². The molecule has 0 radical (unpaired) electrons. The summed E-state index contributed by atoms with van der Waals surface area (Å²) in [5.41, 5.74) is 0. The van der Waals surface area contributed by atoms with E-state index in [1.165, 1.54) is 22.4 Å². The third-order valence-corrected chi connectivity index (χ3v) is 1.17. The number of ether oxygens (including phenoxy) is 1. The quantitative estimate of drug-likeness (QED) is 0.473. The van der Waals surface area contributed by atoms with Crippen LogP contribution >= 0.6 is 13.6 Å². The fourth-order valence-corrected chi connectivity index (χ4v) is 0.685. The maximum absolute atomic E-state index is 12.7. The Morgan fingerprint density at radius 1 is 1.57 bits per heavy atom. The number of rotatable bonds is 3. The maximum atomic E-state index is 12.7.